The van der Waals surface area contributed by atoms with Gasteiger partial charge in [0.25, 0.3) is 0 Å². The lowest BCUT2D eigenvalue weighted by Crippen LogP contribution is -1.99. The van der Waals surface area contributed by atoms with Crippen LogP contribution >= 0.6 is 23.1 Å². The summed E-state index contributed by atoms with van der Waals surface area (Å²) in [6.07, 6.45) is 3.41. The first-order valence-electron chi connectivity index (χ1n) is 5.64. The zero-order valence-electron chi connectivity index (χ0n) is 10.3. The van der Waals surface area contributed by atoms with Crippen LogP contribution in [0.3, 0.4) is 0 Å². The van der Waals surface area contributed by atoms with Gasteiger partial charge in [-0.2, -0.15) is 0 Å². The highest BCUT2D eigenvalue weighted by Gasteiger charge is 2.12. The van der Waals surface area contributed by atoms with Crippen LogP contribution in [0.5, 0.6) is 0 Å². The summed E-state index contributed by atoms with van der Waals surface area (Å²) < 4.78 is 2.59. The predicted octanol–water partition coefficient (Wildman–Crippen LogP) is 1.67. The molecule has 3 aromatic heterocycles. The zero-order chi connectivity index (χ0) is 14.1. The van der Waals surface area contributed by atoms with Crippen molar-refractivity contribution in [2.45, 2.75) is 22.7 Å². The number of rotatable bonds is 4. The van der Waals surface area contributed by atoms with E-state index in [9.17, 15) is 4.79 Å². The van der Waals surface area contributed by atoms with Crippen LogP contribution < -0.4 is 0 Å². The SMILES string of the molecule is Cc1nnc2c(Sc3nc(CC(=O)O)cs3)nccn12. The predicted molar refractivity (Wildman–Crippen MR) is 73.1 cm³/mol. The van der Waals surface area contributed by atoms with Crippen molar-refractivity contribution in [3.8, 4) is 0 Å². The van der Waals surface area contributed by atoms with Gasteiger partial charge in [0.15, 0.2) is 9.99 Å². The van der Waals surface area contributed by atoms with Gasteiger partial charge in [-0.1, -0.05) is 0 Å². The average Bonchev–Trinajstić information content (AvgIpc) is 2.98. The Morgan fingerprint density at radius 1 is 1.50 bits per heavy atom. The highest BCUT2D eigenvalue weighted by molar-refractivity contribution is 8.01. The summed E-state index contributed by atoms with van der Waals surface area (Å²) in [6.45, 7) is 1.86. The lowest BCUT2D eigenvalue weighted by Gasteiger charge is -1.99. The summed E-state index contributed by atoms with van der Waals surface area (Å²) >= 11 is 2.75. The smallest absolute Gasteiger partial charge is 0.309 e. The molecule has 9 heteroatoms. The topological polar surface area (TPSA) is 93.3 Å². The Morgan fingerprint density at radius 2 is 2.35 bits per heavy atom. The van der Waals surface area contributed by atoms with Gasteiger partial charge in [0.05, 0.1) is 12.1 Å². The minimum absolute atomic E-state index is 0.0707. The first-order chi connectivity index (χ1) is 9.63. The number of aromatic nitrogens is 5. The number of nitrogens with zero attached hydrogens (tertiary/aromatic N) is 5. The number of hydrogen-bond acceptors (Lipinski definition) is 7. The van der Waals surface area contributed by atoms with Crippen molar-refractivity contribution >= 4 is 34.7 Å². The molecule has 0 fully saturated rings. The molecule has 0 aliphatic rings. The largest absolute Gasteiger partial charge is 0.481 e. The molecular weight excluding hydrogens is 298 g/mol. The molecule has 0 saturated carbocycles. The molecule has 3 rings (SSSR count). The van der Waals surface area contributed by atoms with Gasteiger partial charge in [0, 0.05) is 17.8 Å². The lowest BCUT2D eigenvalue weighted by molar-refractivity contribution is -0.136. The molecule has 20 heavy (non-hydrogen) atoms. The van der Waals surface area contributed by atoms with Gasteiger partial charge < -0.3 is 5.11 Å². The van der Waals surface area contributed by atoms with Gasteiger partial charge in [-0.3, -0.25) is 9.20 Å². The zero-order valence-corrected chi connectivity index (χ0v) is 12.0. The molecule has 0 atom stereocenters. The van der Waals surface area contributed by atoms with Gasteiger partial charge in [0.1, 0.15) is 10.9 Å². The summed E-state index contributed by atoms with van der Waals surface area (Å²) in [4.78, 5) is 19.2. The third-order valence-electron chi connectivity index (χ3n) is 2.51. The molecule has 0 saturated heterocycles. The maximum Gasteiger partial charge on any atom is 0.309 e. The number of aryl methyl sites for hydroxylation is 1. The molecule has 0 radical (unpaired) electrons. The molecule has 0 bridgehead atoms. The molecule has 0 aliphatic carbocycles. The van der Waals surface area contributed by atoms with E-state index in [1.165, 1.54) is 23.1 Å². The van der Waals surface area contributed by atoms with E-state index in [0.29, 0.717) is 16.4 Å². The lowest BCUT2D eigenvalue weighted by atomic mass is 10.3. The number of aliphatic carboxylic acids is 1. The number of carbonyl (C=O) groups is 1. The van der Waals surface area contributed by atoms with Gasteiger partial charge in [-0.25, -0.2) is 9.97 Å². The Hall–Kier alpha value is -2.00. The Kier molecular flexibility index (Phi) is 3.36. The second-order valence-electron chi connectivity index (χ2n) is 3.95. The molecule has 0 aromatic carbocycles. The van der Waals surface area contributed by atoms with Crippen molar-refractivity contribution in [3.05, 3.63) is 29.3 Å². The van der Waals surface area contributed by atoms with E-state index >= 15 is 0 Å². The van der Waals surface area contributed by atoms with Crippen LogP contribution in [-0.2, 0) is 11.2 Å². The fourth-order valence-electron chi connectivity index (χ4n) is 1.65. The Morgan fingerprint density at radius 3 is 3.15 bits per heavy atom. The first-order valence-corrected chi connectivity index (χ1v) is 7.33. The minimum Gasteiger partial charge on any atom is -0.481 e. The molecule has 3 aromatic rings. The molecule has 0 amide bonds. The third kappa shape index (κ3) is 2.49. The van der Waals surface area contributed by atoms with Crippen LogP contribution in [0.4, 0.5) is 0 Å². The molecule has 1 N–H and O–H groups in total. The van der Waals surface area contributed by atoms with Crippen LogP contribution in [0.25, 0.3) is 5.65 Å². The molecular formula is C11H9N5O2S2. The number of fused-ring (bicyclic) bond motifs is 1. The molecule has 7 nitrogen and oxygen atoms in total. The molecule has 0 spiro atoms. The molecule has 102 valence electrons. The molecule has 3 heterocycles. The molecule has 0 unspecified atom stereocenters. The van der Waals surface area contributed by atoms with Gasteiger partial charge in [-0.15, -0.1) is 21.5 Å². The fourth-order valence-corrected chi connectivity index (χ4v) is 3.43. The van der Waals surface area contributed by atoms with E-state index in [2.05, 4.69) is 20.2 Å². The summed E-state index contributed by atoms with van der Waals surface area (Å²) in [7, 11) is 0. The third-order valence-corrected chi connectivity index (χ3v) is 4.48. The van der Waals surface area contributed by atoms with E-state index in [4.69, 9.17) is 5.11 Å². The van der Waals surface area contributed by atoms with E-state index in [1.54, 1.807) is 17.8 Å². The second kappa shape index (κ2) is 5.17. The summed E-state index contributed by atoms with van der Waals surface area (Å²) in [6, 6.07) is 0. The van der Waals surface area contributed by atoms with Crippen LogP contribution in [0.2, 0.25) is 0 Å². The van der Waals surface area contributed by atoms with Crippen molar-refractivity contribution in [2.24, 2.45) is 0 Å². The van der Waals surface area contributed by atoms with Crippen LogP contribution in [0.15, 0.2) is 27.1 Å². The van der Waals surface area contributed by atoms with Crippen molar-refractivity contribution in [2.75, 3.05) is 0 Å². The monoisotopic (exact) mass is 307 g/mol. The van der Waals surface area contributed by atoms with Crippen LogP contribution in [-0.4, -0.2) is 35.6 Å². The van der Waals surface area contributed by atoms with E-state index in [-0.39, 0.29) is 6.42 Å². The first kappa shape index (κ1) is 13.0. The highest BCUT2D eigenvalue weighted by Crippen LogP contribution is 2.31. The Balaban J connectivity index is 1.89. The maximum absolute atomic E-state index is 10.6. The Labute approximate surface area is 121 Å². The van der Waals surface area contributed by atoms with E-state index in [0.717, 1.165) is 10.2 Å². The van der Waals surface area contributed by atoms with Gasteiger partial charge in [-0.05, 0) is 18.7 Å². The molecule has 0 aliphatic heterocycles. The van der Waals surface area contributed by atoms with Crippen molar-refractivity contribution in [1.82, 2.24) is 24.6 Å². The fraction of sp³-hybridized carbons (Fsp3) is 0.182. The van der Waals surface area contributed by atoms with Crippen molar-refractivity contribution in [1.29, 1.82) is 0 Å². The van der Waals surface area contributed by atoms with Crippen molar-refractivity contribution in [3.63, 3.8) is 0 Å². The summed E-state index contributed by atoms with van der Waals surface area (Å²) in [5, 5.41) is 19.3. The van der Waals surface area contributed by atoms with E-state index < -0.39 is 5.97 Å². The normalized spacial score (nSPS) is 11.1. The van der Waals surface area contributed by atoms with Crippen molar-refractivity contribution < 1.29 is 9.90 Å². The standard InChI is InChI=1S/C11H9N5O2S2/c1-6-14-15-9-10(12-2-3-16(6)9)20-11-13-7(5-19-11)4-8(17)18/h2-3,5H,4H2,1H3,(H,17,18). The quantitative estimate of drug-likeness (QED) is 0.783. The minimum atomic E-state index is -0.889. The van der Waals surface area contributed by atoms with Crippen LogP contribution in [0, 0.1) is 6.92 Å². The average molecular weight is 307 g/mol. The number of carboxylic acid groups (broad SMARTS) is 1. The summed E-state index contributed by atoms with van der Waals surface area (Å²) in [5.41, 5.74) is 1.22. The van der Waals surface area contributed by atoms with Crippen LogP contribution in [0.1, 0.15) is 11.5 Å². The number of carboxylic acids is 1. The summed E-state index contributed by atoms with van der Waals surface area (Å²) in [5.74, 6) is -0.102. The van der Waals surface area contributed by atoms with Gasteiger partial charge >= 0.3 is 5.97 Å². The Bertz CT molecular complexity index is 782. The number of thiazole rings is 1. The van der Waals surface area contributed by atoms with E-state index in [1.807, 2.05) is 11.3 Å². The van der Waals surface area contributed by atoms with Gasteiger partial charge in [0.2, 0.25) is 0 Å². The number of hydrogen-bond donors (Lipinski definition) is 1. The highest BCUT2D eigenvalue weighted by atomic mass is 32.2. The maximum atomic E-state index is 10.6. The second-order valence-corrected chi connectivity index (χ2v) is 6.04.